The minimum absolute atomic E-state index is 0.422. The number of nitrogens with two attached hydrogens (primary N) is 2. The first kappa shape index (κ1) is 14.7. The van der Waals surface area contributed by atoms with E-state index in [1.54, 1.807) is 20.8 Å². The summed E-state index contributed by atoms with van der Waals surface area (Å²) < 4.78 is 5.01. The molecule has 6 nitrogen and oxygen atoms in total. The van der Waals surface area contributed by atoms with Crippen molar-refractivity contribution < 1.29 is 14.3 Å². The Hall–Kier alpha value is -1.30. The summed E-state index contributed by atoms with van der Waals surface area (Å²) in [6, 6.07) is -0.724. The number of primary amides is 1. The van der Waals surface area contributed by atoms with E-state index < -0.39 is 23.6 Å². The lowest BCUT2D eigenvalue weighted by Crippen LogP contribution is -2.46. The Balaban J connectivity index is 4.19. The maximum Gasteiger partial charge on any atom is 0.408 e. The van der Waals surface area contributed by atoms with Crippen molar-refractivity contribution in [2.45, 2.75) is 45.3 Å². The van der Waals surface area contributed by atoms with Gasteiger partial charge in [0.25, 0.3) is 0 Å². The molecule has 16 heavy (non-hydrogen) atoms. The maximum atomic E-state index is 11.4. The van der Waals surface area contributed by atoms with Gasteiger partial charge in [-0.1, -0.05) is 0 Å². The van der Waals surface area contributed by atoms with Crippen LogP contribution in [0.1, 0.15) is 33.6 Å². The molecule has 0 aliphatic carbocycles. The van der Waals surface area contributed by atoms with Crippen LogP contribution < -0.4 is 16.8 Å². The van der Waals surface area contributed by atoms with Crippen molar-refractivity contribution in [1.29, 1.82) is 0 Å². The van der Waals surface area contributed by atoms with Gasteiger partial charge in [0.15, 0.2) is 0 Å². The van der Waals surface area contributed by atoms with Crippen molar-refractivity contribution in [3.05, 3.63) is 0 Å². The Morgan fingerprint density at radius 1 is 1.38 bits per heavy atom. The van der Waals surface area contributed by atoms with Crippen molar-refractivity contribution in [2.24, 2.45) is 11.5 Å². The van der Waals surface area contributed by atoms with E-state index in [4.69, 9.17) is 16.2 Å². The van der Waals surface area contributed by atoms with E-state index >= 15 is 0 Å². The third-order valence-electron chi connectivity index (χ3n) is 1.73. The molecular formula is C10H21N3O3. The zero-order chi connectivity index (χ0) is 12.8. The highest BCUT2D eigenvalue weighted by Crippen LogP contribution is 2.07. The van der Waals surface area contributed by atoms with E-state index in [2.05, 4.69) is 5.32 Å². The van der Waals surface area contributed by atoms with Gasteiger partial charge >= 0.3 is 6.09 Å². The van der Waals surface area contributed by atoms with Gasteiger partial charge < -0.3 is 21.5 Å². The zero-order valence-electron chi connectivity index (χ0n) is 10.1. The second kappa shape index (κ2) is 6.32. The highest BCUT2D eigenvalue weighted by Gasteiger charge is 2.21. The van der Waals surface area contributed by atoms with Crippen molar-refractivity contribution in [3.63, 3.8) is 0 Å². The molecule has 0 aliphatic rings. The second-order valence-electron chi connectivity index (χ2n) is 4.53. The molecule has 0 aromatic carbocycles. The molecule has 0 saturated carbocycles. The van der Waals surface area contributed by atoms with Crippen LogP contribution in [0.25, 0.3) is 0 Å². The topological polar surface area (TPSA) is 107 Å². The molecule has 1 atom stereocenters. The summed E-state index contributed by atoms with van der Waals surface area (Å²) in [5.74, 6) is -0.584. The molecule has 0 saturated heterocycles. The Bertz CT molecular complexity index is 248. The summed E-state index contributed by atoms with van der Waals surface area (Å²) in [5, 5.41) is 2.42. The standard InChI is InChI=1S/C10H21N3O3/c1-10(2,3)16-9(15)13-7(8(12)14)5-4-6-11/h7H,4-6,11H2,1-3H3,(H2,12,14)(H,13,15)/t7-/m0/s1. The molecule has 5 N–H and O–H groups in total. The second-order valence-corrected chi connectivity index (χ2v) is 4.53. The number of alkyl carbamates (subject to hydrolysis) is 1. The number of hydrogen-bond acceptors (Lipinski definition) is 4. The fraction of sp³-hybridized carbons (Fsp3) is 0.800. The molecule has 94 valence electrons. The molecule has 0 unspecified atom stereocenters. The zero-order valence-corrected chi connectivity index (χ0v) is 10.1. The average Bonchev–Trinajstić information content (AvgIpc) is 2.08. The van der Waals surface area contributed by atoms with Gasteiger partial charge in [-0.2, -0.15) is 0 Å². The summed E-state index contributed by atoms with van der Waals surface area (Å²) in [6.45, 7) is 5.67. The number of rotatable bonds is 5. The minimum atomic E-state index is -0.724. The summed E-state index contributed by atoms with van der Waals surface area (Å²) in [7, 11) is 0. The van der Waals surface area contributed by atoms with Gasteiger partial charge in [-0.3, -0.25) is 4.79 Å². The van der Waals surface area contributed by atoms with Gasteiger partial charge in [-0.05, 0) is 40.2 Å². The van der Waals surface area contributed by atoms with Crippen molar-refractivity contribution in [3.8, 4) is 0 Å². The lowest BCUT2D eigenvalue weighted by Gasteiger charge is -2.22. The fourth-order valence-corrected chi connectivity index (χ4v) is 1.06. The van der Waals surface area contributed by atoms with Crippen LogP contribution in [0, 0.1) is 0 Å². The highest BCUT2D eigenvalue weighted by atomic mass is 16.6. The van der Waals surface area contributed by atoms with E-state index in [9.17, 15) is 9.59 Å². The minimum Gasteiger partial charge on any atom is -0.444 e. The van der Waals surface area contributed by atoms with Gasteiger partial charge in [0, 0.05) is 0 Å². The first-order chi connectivity index (χ1) is 7.26. The van der Waals surface area contributed by atoms with E-state index in [1.807, 2.05) is 0 Å². The molecular weight excluding hydrogens is 210 g/mol. The average molecular weight is 231 g/mol. The summed E-state index contributed by atoms with van der Waals surface area (Å²) in [6.07, 6.45) is 0.391. The van der Waals surface area contributed by atoms with Crippen LogP contribution >= 0.6 is 0 Å². The van der Waals surface area contributed by atoms with Crippen molar-refractivity contribution in [1.82, 2.24) is 5.32 Å². The molecule has 2 amide bonds. The summed E-state index contributed by atoms with van der Waals surface area (Å²) in [5.41, 5.74) is 9.86. The number of carbonyl (C=O) groups is 2. The first-order valence-corrected chi connectivity index (χ1v) is 5.25. The van der Waals surface area contributed by atoms with Gasteiger partial charge in [0.1, 0.15) is 11.6 Å². The third-order valence-corrected chi connectivity index (χ3v) is 1.73. The molecule has 0 fully saturated rings. The first-order valence-electron chi connectivity index (χ1n) is 5.25. The predicted octanol–water partition coefficient (Wildman–Crippen LogP) is 0.104. The van der Waals surface area contributed by atoms with Gasteiger partial charge in [0.05, 0.1) is 0 Å². The van der Waals surface area contributed by atoms with Crippen LogP contribution in [0.4, 0.5) is 4.79 Å². The number of amides is 2. The SMILES string of the molecule is CC(C)(C)OC(=O)N[C@@H](CCCN)C(N)=O. The molecule has 0 spiro atoms. The van der Waals surface area contributed by atoms with Gasteiger partial charge in [-0.25, -0.2) is 4.79 Å². The fourth-order valence-electron chi connectivity index (χ4n) is 1.06. The van der Waals surface area contributed by atoms with Gasteiger partial charge in [-0.15, -0.1) is 0 Å². The largest absolute Gasteiger partial charge is 0.444 e. The highest BCUT2D eigenvalue weighted by molar-refractivity contribution is 5.84. The molecule has 0 heterocycles. The third kappa shape index (κ3) is 7.05. The van der Waals surface area contributed by atoms with Crippen LogP contribution in [0.5, 0.6) is 0 Å². The monoisotopic (exact) mass is 231 g/mol. The Morgan fingerprint density at radius 2 is 1.94 bits per heavy atom. The van der Waals surface area contributed by atoms with Crippen LogP contribution in [0.3, 0.4) is 0 Å². The lowest BCUT2D eigenvalue weighted by molar-refractivity contribution is -0.120. The molecule has 0 rings (SSSR count). The van der Waals surface area contributed by atoms with Crippen LogP contribution in [-0.4, -0.2) is 30.2 Å². The molecule has 0 aromatic heterocycles. The van der Waals surface area contributed by atoms with Crippen LogP contribution in [0.15, 0.2) is 0 Å². The normalized spacial score (nSPS) is 13.0. The van der Waals surface area contributed by atoms with Crippen LogP contribution in [0.2, 0.25) is 0 Å². The van der Waals surface area contributed by atoms with E-state index in [1.165, 1.54) is 0 Å². The Kier molecular flexibility index (Phi) is 5.81. The summed E-state index contributed by atoms with van der Waals surface area (Å²) >= 11 is 0. The lowest BCUT2D eigenvalue weighted by atomic mass is 10.1. The van der Waals surface area contributed by atoms with Crippen molar-refractivity contribution in [2.75, 3.05) is 6.54 Å². The van der Waals surface area contributed by atoms with E-state index in [-0.39, 0.29) is 0 Å². The maximum absolute atomic E-state index is 11.4. The molecule has 0 aliphatic heterocycles. The van der Waals surface area contributed by atoms with E-state index in [0.717, 1.165) is 0 Å². The molecule has 0 radical (unpaired) electrons. The predicted molar refractivity (Wildman–Crippen MR) is 60.6 cm³/mol. The number of ether oxygens (including phenoxy) is 1. The quantitative estimate of drug-likeness (QED) is 0.623. The van der Waals surface area contributed by atoms with Crippen molar-refractivity contribution >= 4 is 12.0 Å². The summed E-state index contributed by atoms with van der Waals surface area (Å²) in [4.78, 5) is 22.4. The van der Waals surface area contributed by atoms with E-state index in [0.29, 0.717) is 19.4 Å². The Labute approximate surface area is 95.7 Å². The molecule has 0 aromatic rings. The van der Waals surface area contributed by atoms with Gasteiger partial charge in [0.2, 0.25) is 5.91 Å². The Morgan fingerprint density at radius 3 is 2.31 bits per heavy atom. The molecule has 0 bridgehead atoms. The number of hydrogen-bond donors (Lipinski definition) is 3. The molecule has 6 heteroatoms. The van der Waals surface area contributed by atoms with Crippen LogP contribution in [-0.2, 0) is 9.53 Å². The number of nitrogens with one attached hydrogen (secondary N) is 1. The number of carbonyl (C=O) groups excluding carboxylic acids is 2. The smallest absolute Gasteiger partial charge is 0.408 e.